The van der Waals surface area contributed by atoms with Crippen molar-refractivity contribution in [1.29, 1.82) is 0 Å². The van der Waals surface area contributed by atoms with E-state index in [0.717, 1.165) is 4.64 Å². The third kappa shape index (κ3) is 3.13. The van der Waals surface area contributed by atoms with Crippen molar-refractivity contribution < 1.29 is 10.2 Å². The molecule has 0 bridgehead atoms. The number of halogens is 2. The van der Waals surface area contributed by atoms with Crippen molar-refractivity contribution >= 4 is 28.5 Å². The van der Waals surface area contributed by atoms with Crippen LogP contribution in [0.4, 0.5) is 0 Å². The minimum Gasteiger partial charge on any atom is -0.374 e. The lowest BCUT2D eigenvalue weighted by Gasteiger charge is -2.34. The highest BCUT2D eigenvalue weighted by molar-refractivity contribution is 6.68. The van der Waals surface area contributed by atoms with Gasteiger partial charge in [-0.3, -0.25) is 5.43 Å². The molecule has 0 aromatic rings. The van der Waals surface area contributed by atoms with Gasteiger partial charge in [-0.05, 0) is 13.8 Å². The molecule has 86 valence electrons. The van der Waals surface area contributed by atoms with Gasteiger partial charge >= 0.3 is 0 Å². The molecule has 1 heterocycles. The number of rotatable bonds is 3. The van der Waals surface area contributed by atoms with E-state index in [1.807, 2.05) is 0 Å². The number of nitrogens with zero attached hydrogens (tertiary/aromatic N) is 3. The van der Waals surface area contributed by atoms with Crippen LogP contribution < -0.4 is 5.43 Å². The average Bonchev–Trinajstić information content (AvgIpc) is 1.99. The van der Waals surface area contributed by atoms with Crippen LogP contribution in [0.2, 0.25) is 0 Å². The highest BCUT2D eigenvalue weighted by Crippen LogP contribution is 2.15. The maximum absolute atomic E-state index is 9.45. The van der Waals surface area contributed by atoms with Crippen LogP contribution in [0.5, 0.6) is 0 Å². The summed E-state index contributed by atoms with van der Waals surface area (Å²) < 4.78 is 0.870. The predicted octanol–water partition coefficient (Wildman–Crippen LogP) is 0.333. The number of aliphatic hydroxyl groups excluding tert-OH is 2. The van der Waals surface area contributed by atoms with Gasteiger partial charge in [0.05, 0.1) is 11.8 Å². The Balaban J connectivity index is 2.90. The molecule has 0 fully saturated rings. The van der Waals surface area contributed by atoms with E-state index in [0.29, 0.717) is 5.82 Å². The van der Waals surface area contributed by atoms with Crippen molar-refractivity contribution in [1.82, 2.24) is 15.0 Å². The summed E-state index contributed by atoms with van der Waals surface area (Å²) in [6.07, 6.45) is -0.340. The van der Waals surface area contributed by atoms with Crippen LogP contribution in [0, 0.1) is 0 Å². The summed E-state index contributed by atoms with van der Waals surface area (Å²) in [5.74, 6) is 0.356. The lowest BCUT2D eigenvalue weighted by Crippen LogP contribution is -2.47. The maximum Gasteiger partial charge on any atom is 0.156 e. The van der Waals surface area contributed by atoms with E-state index in [1.165, 1.54) is 24.8 Å². The number of hydrazine groups is 1. The van der Waals surface area contributed by atoms with E-state index in [-0.39, 0.29) is 5.17 Å². The van der Waals surface area contributed by atoms with Crippen molar-refractivity contribution in [2.75, 3.05) is 0 Å². The van der Waals surface area contributed by atoms with Gasteiger partial charge in [0.2, 0.25) is 0 Å². The summed E-state index contributed by atoms with van der Waals surface area (Å²) in [6.45, 7) is 3.01. The first-order valence-electron chi connectivity index (χ1n) is 4.24. The molecule has 1 aliphatic rings. The van der Waals surface area contributed by atoms with Gasteiger partial charge in [0, 0.05) is 6.08 Å². The minimum absolute atomic E-state index is 0.144. The first kappa shape index (κ1) is 12.4. The van der Waals surface area contributed by atoms with E-state index < -0.39 is 12.5 Å². The molecule has 0 aliphatic carbocycles. The number of hydrazone groups is 1. The number of hydrogen-bond donors (Lipinski definition) is 3. The summed E-state index contributed by atoms with van der Waals surface area (Å²) in [7, 11) is 0. The highest BCUT2D eigenvalue weighted by Gasteiger charge is 2.23. The highest BCUT2D eigenvalue weighted by atomic mass is 35.5. The number of aliphatic hydroxyl groups is 2. The molecule has 3 N–H and O–H groups in total. The molecule has 8 heteroatoms. The molecule has 0 radical (unpaired) electrons. The van der Waals surface area contributed by atoms with Gasteiger partial charge in [0.25, 0.3) is 0 Å². The Kier molecular flexibility index (Phi) is 4.04. The molecular weight excluding hydrogens is 243 g/mol. The van der Waals surface area contributed by atoms with E-state index in [9.17, 15) is 10.2 Å². The summed E-state index contributed by atoms with van der Waals surface area (Å²) in [6, 6.07) is 0. The molecular formula is C7H12Cl2N4O2. The van der Waals surface area contributed by atoms with Gasteiger partial charge in [-0.1, -0.05) is 11.6 Å². The quantitative estimate of drug-likeness (QED) is 0.501. The van der Waals surface area contributed by atoms with E-state index in [4.69, 9.17) is 23.4 Å². The summed E-state index contributed by atoms with van der Waals surface area (Å²) >= 11 is 11.3. The fourth-order valence-electron chi connectivity index (χ4n) is 1.22. The van der Waals surface area contributed by atoms with E-state index in [2.05, 4.69) is 10.5 Å². The van der Waals surface area contributed by atoms with E-state index in [1.54, 1.807) is 0 Å². The van der Waals surface area contributed by atoms with Crippen molar-refractivity contribution in [2.24, 2.45) is 5.10 Å². The van der Waals surface area contributed by atoms with Crippen molar-refractivity contribution in [3.8, 4) is 0 Å². The van der Waals surface area contributed by atoms with E-state index >= 15 is 0 Å². The van der Waals surface area contributed by atoms with Crippen molar-refractivity contribution in [2.45, 2.75) is 26.3 Å². The molecule has 2 unspecified atom stereocenters. The third-order valence-corrected chi connectivity index (χ3v) is 2.07. The molecule has 0 amide bonds. The molecule has 0 aromatic carbocycles. The fourth-order valence-corrected chi connectivity index (χ4v) is 1.61. The number of allylic oxidation sites excluding steroid dienone is 1. The average molecular weight is 255 g/mol. The molecule has 0 spiro atoms. The smallest absolute Gasteiger partial charge is 0.156 e. The predicted molar refractivity (Wildman–Crippen MR) is 57.4 cm³/mol. The second-order valence-corrected chi connectivity index (χ2v) is 3.70. The van der Waals surface area contributed by atoms with Gasteiger partial charge in [0.1, 0.15) is 18.3 Å². The number of hydrogen-bond acceptors (Lipinski definition) is 6. The van der Waals surface area contributed by atoms with Crippen LogP contribution in [0.15, 0.2) is 17.0 Å². The molecule has 2 atom stereocenters. The Labute approximate surface area is 97.4 Å². The van der Waals surface area contributed by atoms with Crippen LogP contribution in [0.3, 0.4) is 0 Å². The molecule has 0 saturated heterocycles. The fraction of sp³-hybridized carbons (Fsp3) is 0.571. The normalized spacial score (nSPS) is 20.0. The van der Waals surface area contributed by atoms with Crippen molar-refractivity contribution in [3.05, 3.63) is 11.9 Å². The van der Waals surface area contributed by atoms with Crippen molar-refractivity contribution in [3.63, 3.8) is 0 Å². The minimum atomic E-state index is -0.892. The summed E-state index contributed by atoms with van der Waals surface area (Å²) in [5, 5.41) is 22.7. The van der Waals surface area contributed by atoms with Crippen LogP contribution in [-0.2, 0) is 0 Å². The summed E-state index contributed by atoms with van der Waals surface area (Å²) in [5.41, 5.74) is 2.60. The zero-order valence-electron chi connectivity index (χ0n) is 8.22. The monoisotopic (exact) mass is 254 g/mol. The molecule has 1 rings (SSSR count). The number of nitrogens with one attached hydrogen (secondary N) is 1. The Morgan fingerprint density at radius 1 is 1.47 bits per heavy atom. The Bertz CT molecular complexity index is 285. The SMILES string of the molecule is CC(O)N(C1=CC(Cl)=NN(Cl)N1)C(C)O. The van der Waals surface area contributed by atoms with Crippen LogP contribution in [0.25, 0.3) is 0 Å². The van der Waals surface area contributed by atoms with Crippen LogP contribution in [0.1, 0.15) is 13.8 Å². The van der Waals surface area contributed by atoms with Crippen LogP contribution in [-0.4, -0.2) is 37.4 Å². The Morgan fingerprint density at radius 2 is 2.00 bits per heavy atom. The lowest BCUT2D eigenvalue weighted by molar-refractivity contribution is -0.0687. The second-order valence-electron chi connectivity index (χ2n) is 3.00. The van der Waals surface area contributed by atoms with Gasteiger partial charge in [-0.25, -0.2) is 0 Å². The summed E-state index contributed by atoms with van der Waals surface area (Å²) in [4.78, 5) is 1.28. The first-order chi connectivity index (χ1) is 6.91. The van der Waals surface area contributed by atoms with Gasteiger partial charge in [0.15, 0.2) is 5.17 Å². The first-order valence-corrected chi connectivity index (χ1v) is 4.96. The molecule has 0 saturated carbocycles. The lowest BCUT2D eigenvalue weighted by atomic mass is 10.4. The van der Waals surface area contributed by atoms with Gasteiger partial charge in [-0.15, -0.1) is 9.74 Å². The van der Waals surface area contributed by atoms with Crippen LogP contribution >= 0.6 is 23.4 Å². The Morgan fingerprint density at radius 3 is 2.40 bits per heavy atom. The topological polar surface area (TPSA) is 71.3 Å². The molecule has 6 nitrogen and oxygen atoms in total. The molecule has 1 aliphatic heterocycles. The molecule has 15 heavy (non-hydrogen) atoms. The zero-order chi connectivity index (χ0) is 11.6. The third-order valence-electron chi connectivity index (χ3n) is 1.73. The Hall–Kier alpha value is -0.690. The second kappa shape index (κ2) is 4.89. The standard InChI is InChI=1S/C7H12Cl2N4O2/c1-4(14)12(5(2)15)7-3-6(8)10-13(9)11-7/h3-5,11,14-15H,1-2H3. The molecule has 0 aromatic heterocycles. The van der Waals surface area contributed by atoms with Gasteiger partial charge in [-0.2, -0.15) is 0 Å². The zero-order valence-corrected chi connectivity index (χ0v) is 9.74. The van der Waals surface area contributed by atoms with Gasteiger partial charge < -0.3 is 15.1 Å². The largest absolute Gasteiger partial charge is 0.374 e. The maximum atomic E-state index is 9.45.